The predicted molar refractivity (Wildman–Crippen MR) is 106 cm³/mol. The lowest BCUT2D eigenvalue weighted by molar-refractivity contribution is -0.137. The van der Waals surface area contributed by atoms with Crippen molar-refractivity contribution in [3.63, 3.8) is 0 Å². The number of imidazole rings is 1. The van der Waals surface area contributed by atoms with E-state index in [-0.39, 0.29) is 0 Å². The third-order valence-corrected chi connectivity index (χ3v) is 4.88. The van der Waals surface area contributed by atoms with Gasteiger partial charge in [-0.05, 0) is 6.92 Å². The summed E-state index contributed by atoms with van der Waals surface area (Å²) in [5, 5.41) is 16.9. The minimum Gasteiger partial charge on any atom is -0.480 e. The fourth-order valence-corrected chi connectivity index (χ4v) is 3.59. The number of hydrogen-bond acceptors (Lipinski definition) is 6. The molecule has 1 aliphatic heterocycles. The number of piperazine rings is 1. The Morgan fingerprint density at radius 1 is 1.21 bits per heavy atom. The van der Waals surface area contributed by atoms with Crippen LogP contribution in [0, 0.1) is 0 Å². The van der Waals surface area contributed by atoms with E-state index in [0.717, 1.165) is 42.4 Å². The molecule has 1 saturated heterocycles. The number of benzene rings is 1. The molecule has 28 heavy (non-hydrogen) atoms. The zero-order valence-electron chi connectivity index (χ0n) is 15.6. The largest absolute Gasteiger partial charge is 0.480 e. The van der Waals surface area contributed by atoms with E-state index in [2.05, 4.69) is 15.3 Å². The van der Waals surface area contributed by atoms with Gasteiger partial charge in [0.05, 0.1) is 0 Å². The van der Waals surface area contributed by atoms with Crippen molar-refractivity contribution < 1.29 is 9.90 Å². The van der Waals surface area contributed by atoms with Crippen molar-refractivity contribution in [2.24, 2.45) is 0 Å². The van der Waals surface area contributed by atoms with Crippen LogP contribution in [0.5, 0.6) is 0 Å². The molecule has 2 N–H and O–H groups in total. The van der Waals surface area contributed by atoms with Crippen LogP contribution >= 0.6 is 0 Å². The molecule has 9 nitrogen and oxygen atoms in total. The smallest absolute Gasteiger partial charge is 0.325 e. The number of carboxylic acid groups (broad SMARTS) is 1. The van der Waals surface area contributed by atoms with Crippen LogP contribution in [0.4, 0.5) is 5.95 Å². The van der Waals surface area contributed by atoms with E-state index >= 15 is 0 Å². The minimum absolute atomic E-state index is 0.395. The van der Waals surface area contributed by atoms with E-state index in [4.69, 9.17) is 4.98 Å². The molecule has 0 aliphatic carbocycles. The van der Waals surface area contributed by atoms with E-state index in [9.17, 15) is 14.7 Å². The first-order valence-electron chi connectivity index (χ1n) is 9.34. The first-order chi connectivity index (χ1) is 13.6. The van der Waals surface area contributed by atoms with Gasteiger partial charge in [0.15, 0.2) is 0 Å². The minimum atomic E-state index is -1.11. The normalized spacial score (nSPS) is 14.5. The number of anilines is 1. The molecular weight excluding hydrogens is 360 g/mol. The fraction of sp³-hybridized carbons (Fsp3) is 0.368. The topological polar surface area (TPSA) is 105 Å². The van der Waals surface area contributed by atoms with Gasteiger partial charge in [-0.25, -0.2) is 9.67 Å². The molecule has 0 saturated carbocycles. The quantitative estimate of drug-likeness (QED) is 0.672. The number of rotatable bonds is 5. The highest BCUT2D eigenvalue weighted by atomic mass is 16.4. The first-order valence-corrected chi connectivity index (χ1v) is 9.34. The molecule has 9 heteroatoms. The molecule has 1 fully saturated rings. The third kappa shape index (κ3) is 3.13. The van der Waals surface area contributed by atoms with E-state index in [1.807, 2.05) is 41.8 Å². The van der Waals surface area contributed by atoms with Crippen molar-refractivity contribution in [3.8, 4) is 11.3 Å². The SMILES string of the molecule is CCn1c(N2CCNCC2)nc2c(-c3ccccc3)nn(CC(=O)O)c(=O)c21. The summed E-state index contributed by atoms with van der Waals surface area (Å²) in [7, 11) is 0. The second kappa shape index (κ2) is 7.43. The Morgan fingerprint density at radius 2 is 1.93 bits per heavy atom. The van der Waals surface area contributed by atoms with Crippen molar-refractivity contribution in [1.29, 1.82) is 0 Å². The summed E-state index contributed by atoms with van der Waals surface area (Å²) < 4.78 is 2.89. The summed E-state index contributed by atoms with van der Waals surface area (Å²) in [6, 6.07) is 9.41. The van der Waals surface area contributed by atoms with E-state index < -0.39 is 18.1 Å². The van der Waals surface area contributed by atoms with Gasteiger partial charge in [-0.1, -0.05) is 30.3 Å². The zero-order valence-corrected chi connectivity index (χ0v) is 15.6. The lowest BCUT2D eigenvalue weighted by Gasteiger charge is -2.28. The Morgan fingerprint density at radius 3 is 2.57 bits per heavy atom. The molecule has 0 atom stereocenters. The summed E-state index contributed by atoms with van der Waals surface area (Å²) >= 11 is 0. The molecule has 0 spiro atoms. The number of nitrogens with one attached hydrogen (secondary N) is 1. The number of aliphatic carboxylic acids is 1. The van der Waals surface area contributed by atoms with Gasteiger partial charge in [0.1, 0.15) is 23.3 Å². The summed E-state index contributed by atoms with van der Waals surface area (Å²) in [6.07, 6.45) is 0. The van der Waals surface area contributed by atoms with Crippen LogP contribution in [0.2, 0.25) is 0 Å². The predicted octanol–water partition coefficient (Wildman–Crippen LogP) is 0.774. The Balaban J connectivity index is 2.01. The van der Waals surface area contributed by atoms with Gasteiger partial charge in [0.25, 0.3) is 5.56 Å². The molecule has 1 aliphatic rings. The molecule has 4 rings (SSSR count). The van der Waals surface area contributed by atoms with E-state index in [0.29, 0.717) is 23.3 Å². The molecule has 0 bridgehead atoms. The molecule has 1 aromatic carbocycles. The van der Waals surface area contributed by atoms with Crippen LogP contribution in [0.15, 0.2) is 35.1 Å². The van der Waals surface area contributed by atoms with Gasteiger partial charge in [0.2, 0.25) is 5.95 Å². The molecule has 146 valence electrons. The summed E-state index contributed by atoms with van der Waals surface area (Å²) in [4.78, 5) is 31.3. The molecule has 2 aromatic heterocycles. The Hall–Kier alpha value is -3.20. The van der Waals surface area contributed by atoms with Crippen LogP contribution in [-0.2, 0) is 17.9 Å². The second-order valence-electron chi connectivity index (χ2n) is 6.66. The highest BCUT2D eigenvalue weighted by molar-refractivity contribution is 5.91. The maximum absolute atomic E-state index is 13.1. The van der Waals surface area contributed by atoms with Crippen LogP contribution in [0.1, 0.15) is 6.92 Å². The third-order valence-electron chi connectivity index (χ3n) is 4.88. The van der Waals surface area contributed by atoms with E-state index in [1.165, 1.54) is 0 Å². The van der Waals surface area contributed by atoms with Gasteiger partial charge in [-0.2, -0.15) is 5.10 Å². The molecular formula is C19H22N6O3. The summed E-state index contributed by atoms with van der Waals surface area (Å²) in [5.41, 5.74) is 1.77. The Kier molecular flexibility index (Phi) is 4.82. The number of aryl methyl sites for hydroxylation is 1. The number of aromatic nitrogens is 4. The highest BCUT2D eigenvalue weighted by Gasteiger charge is 2.24. The Bertz CT molecular complexity index is 1070. The zero-order chi connectivity index (χ0) is 19.7. The van der Waals surface area contributed by atoms with Gasteiger partial charge in [-0.3, -0.25) is 9.59 Å². The molecule has 0 amide bonds. The number of carboxylic acids is 1. The first kappa shape index (κ1) is 18.2. The van der Waals surface area contributed by atoms with Crippen molar-refractivity contribution in [3.05, 3.63) is 40.7 Å². The lowest BCUT2D eigenvalue weighted by Crippen LogP contribution is -2.44. The van der Waals surface area contributed by atoms with Crippen molar-refractivity contribution in [2.75, 3.05) is 31.1 Å². The lowest BCUT2D eigenvalue weighted by atomic mass is 10.1. The van der Waals surface area contributed by atoms with Crippen LogP contribution in [-0.4, -0.2) is 56.6 Å². The van der Waals surface area contributed by atoms with Gasteiger partial charge in [-0.15, -0.1) is 0 Å². The van der Waals surface area contributed by atoms with Crippen LogP contribution in [0.3, 0.4) is 0 Å². The van der Waals surface area contributed by atoms with E-state index in [1.54, 1.807) is 0 Å². The number of fused-ring (bicyclic) bond motifs is 1. The van der Waals surface area contributed by atoms with Gasteiger partial charge >= 0.3 is 5.97 Å². The number of carbonyl (C=O) groups is 1. The maximum Gasteiger partial charge on any atom is 0.325 e. The molecule has 3 aromatic rings. The molecule has 3 heterocycles. The average molecular weight is 382 g/mol. The van der Waals surface area contributed by atoms with Crippen molar-refractivity contribution >= 4 is 23.0 Å². The molecule has 0 unspecified atom stereocenters. The fourth-order valence-electron chi connectivity index (χ4n) is 3.59. The van der Waals surface area contributed by atoms with Gasteiger partial charge < -0.3 is 19.9 Å². The monoisotopic (exact) mass is 382 g/mol. The standard InChI is InChI=1S/C19H22N6O3/c1-2-24-17-16(21-19(24)23-10-8-20-9-11-23)15(13-6-4-3-5-7-13)22-25(18(17)28)12-14(26)27/h3-7,20H,2,8-12H2,1H3,(H,26,27). The Labute approximate surface area is 161 Å². The molecule has 0 radical (unpaired) electrons. The number of nitrogens with zero attached hydrogens (tertiary/aromatic N) is 5. The second-order valence-corrected chi connectivity index (χ2v) is 6.66. The van der Waals surface area contributed by atoms with Crippen LogP contribution < -0.4 is 15.8 Å². The summed E-state index contributed by atoms with van der Waals surface area (Å²) in [6.45, 7) is 5.29. The maximum atomic E-state index is 13.1. The van der Waals surface area contributed by atoms with Gasteiger partial charge in [0, 0.05) is 38.3 Å². The van der Waals surface area contributed by atoms with Crippen LogP contribution in [0.25, 0.3) is 22.3 Å². The number of hydrogen-bond donors (Lipinski definition) is 2. The summed E-state index contributed by atoms with van der Waals surface area (Å²) in [5.74, 6) is -0.388. The van der Waals surface area contributed by atoms with Crippen molar-refractivity contribution in [1.82, 2.24) is 24.6 Å². The van der Waals surface area contributed by atoms with Crippen molar-refractivity contribution in [2.45, 2.75) is 20.0 Å². The highest BCUT2D eigenvalue weighted by Crippen LogP contribution is 2.28. The average Bonchev–Trinajstić information content (AvgIpc) is 3.11.